The van der Waals surface area contributed by atoms with Gasteiger partial charge < -0.3 is 15.1 Å². The molecule has 1 saturated carbocycles. The summed E-state index contributed by atoms with van der Waals surface area (Å²) in [5.41, 5.74) is 0.504. The Labute approximate surface area is 109 Å². The molecule has 0 amide bonds. The molecular formula is C13H24N4O. The molecule has 18 heavy (non-hydrogen) atoms. The van der Waals surface area contributed by atoms with Gasteiger partial charge in [-0.1, -0.05) is 25.4 Å². The van der Waals surface area contributed by atoms with Gasteiger partial charge in [0.25, 0.3) is 0 Å². The summed E-state index contributed by atoms with van der Waals surface area (Å²) in [5, 5.41) is 14.6. The van der Waals surface area contributed by atoms with Gasteiger partial charge in [0.1, 0.15) is 0 Å². The standard InChI is InChI=1S/C13H24N4O/c1-3-5-13(6-7-13)10-15-12-17-16-11(18-12)9-14-8-4-2/h14H,3-10H2,1-2H3,(H,15,17). The average Bonchev–Trinajstić information content (AvgIpc) is 2.98. The number of anilines is 1. The van der Waals surface area contributed by atoms with Gasteiger partial charge in [-0.05, 0) is 37.6 Å². The summed E-state index contributed by atoms with van der Waals surface area (Å²) in [7, 11) is 0. The Kier molecular flexibility index (Phi) is 4.58. The first-order valence-electron chi connectivity index (χ1n) is 7.05. The third kappa shape index (κ3) is 3.70. The van der Waals surface area contributed by atoms with Crippen LogP contribution in [-0.4, -0.2) is 23.3 Å². The van der Waals surface area contributed by atoms with Crippen molar-refractivity contribution < 1.29 is 4.42 Å². The lowest BCUT2D eigenvalue weighted by Gasteiger charge is -2.12. The summed E-state index contributed by atoms with van der Waals surface area (Å²) in [6.07, 6.45) is 6.30. The number of rotatable bonds is 9. The molecule has 0 unspecified atom stereocenters. The van der Waals surface area contributed by atoms with Crippen LogP contribution >= 0.6 is 0 Å². The van der Waals surface area contributed by atoms with E-state index in [1.807, 2.05) is 0 Å². The lowest BCUT2D eigenvalue weighted by Crippen LogP contribution is -2.15. The second-order valence-corrected chi connectivity index (χ2v) is 5.28. The third-order valence-electron chi connectivity index (χ3n) is 3.52. The molecular weight excluding hydrogens is 228 g/mol. The summed E-state index contributed by atoms with van der Waals surface area (Å²) in [6.45, 7) is 6.97. The first-order valence-corrected chi connectivity index (χ1v) is 7.05. The molecule has 0 radical (unpaired) electrons. The van der Waals surface area contributed by atoms with Crippen molar-refractivity contribution in [3.05, 3.63) is 5.89 Å². The minimum Gasteiger partial charge on any atom is -0.407 e. The van der Waals surface area contributed by atoms with E-state index in [1.54, 1.807) is 0 Å². The molecule has 1 aromatic heterocycles. The quantitative estimate of drug-likeness (QED) is 0.661. The smallest absolute Gasteiger partial charge is 0.315 e. The maximum atomic E-state index is 5.54. The van der Waals surface area contributed by atoms with E-state index in [0.29, 0.717) is 23.9 Å². The van der Waals surface area contributed by atoms with Gasteiger partial charge in [-0.2, -0.15) is 0 Å². The zero-order valence-electron chi connectivity index (χ0n) is 11.5. The van der Waals surface area contributed by atoms with Crippen LogP contribution < -0.4 is 10.6 Å². The summed E-state index contributed by atoms with van der Waals surface area (Å²) in [5.74, 6) is 0.659. The molecule has 1 aliphatic rings. The average molecular weight is 252 g/mol. The van der Waals surface area contributed by atoms with Crippen LogP contribution in [0, 0.1) is 5.41 Å². The largest absolute Gasteiger partial charge is 0.407 e. The Hall–Kier alpha value is -1.10. The zero-order chi connectivity index (χ0) is 12.8. The highest BCUT2D eigenvalue weighted by Gasteiger charge is 2.41. The van der Waals surface area contributed by atoms with Crippen LogP contribution in [0.25, 0.3) is 0 Å². The summed E-state index contributed by atoms with van der Waals surface area (Å²) in [4.78, 5) is 0. The van der Waals surface area contributed by atoms with Gasteiger partial charge in [-0.3, -0.25) is 0 Å². The number of nitrogens with one attached hydrogen (secondary N) is 2. The van der Waals surface area contributed by atoms with E-state index in [9.17, 15) is 0 Å². The molecule has 0 saturated heterocycles. The highest BCUT2D eigenvalue weighted by molar-refractivity contribution is 5.19. The minimum atomic E-state index is 0.504. The van der Waals surface area contributed by atoms with Crippen LogP contribution in [0.4, 0.5) is 6.01 Å². The van der Waals surface area contributed by atoms with E-state index < -0.39 is 0 Å². The van der Waals surface area contributed by atoms with Gasteiger partial charge in [0.2, 0.25) is 5.89 Å². The third-order valence-corrected chi connectivity index (χ3v) is 3.52. The van der Waals surface area contributed by atoms with Crippen molar-refractivity contribution in [3.8, 4) is 0 Å². The van der Waals surface area contributed by atoms with Gasteiger partial charge >= 0.3 is 6.01 Å². The fraction of sp³-hybridized carbons (Fsp3) is 0.846. The molecule has 0 atom stereocenters. The van der Waals surface area contributed by atoms with E-state index in [-0.39, 0.29) is 0 Å². The molecule has 1 fully saturated rings. The number of aromatic nitrogens is 2. The van der Waals surface area contributed by atoms with Crippen LogP contribution in [0.2, 0.25) is 0 Å². The van der Waals surface area contributed by atoms with Crippen LogP contribution in [0.5, 0.6) is 0 Å². The van der Waals surface area contributed by atoms with Gasteiger partial charge in [-0.15, -0.1) is 5.10 Å². The van der Waals surface area contributed by atoms with E-state index in [4.69, 9.17) is 4.42 Å². The predicted molar refractivity (Wildman–Crippen MR) is 71.4 cm³/mol. The molecule has 2 rings (SSSR count). The fourth-order valence-electron chi connectivity index (χ4n) is 2.25. The van der Waals surface area contributed by atoms with Crippen LogP contribution in [-0.2, 0) is 6.54 Å². The first-order chi connectivity index (χ1) is 8.78. The molecule has 0 aromatic carbocycles. The van der Waals surface area contributed by atoms with Crippen molar-refractivity contribution in [1.82, 2.24) is 15.5 Å². The van der Waals surface area contributed by atoms with Crippen LogP contribution in [0.1, 0.15) is 51.8 Å². The summed E-state index contributed by atoms with van der Waals surface area (Å²) in [6, 6.07) is 0.561. The minimum absolute atomic E-state index is 0.504. The zero-order valence-corrected chi connectivity index (χ0v) is 11.5. The van der Waals surface area contributed by atoms with Gasteiger partial charge in [-0.25, -0.2) is 0 Å². The van der Waals surface area contributed by atoms with E-state index >= 15 is 0 Å². The van der Waals surface area contributed by atoms with Crippen LogP contribution in [0.15, 0.2) is 4.42 Å². The van der Waals surface area contributed by atoms with Crippen molar-refractivity contribution in [3.63, 3.8) is 0 Å². The molecule has 0 aliphatic heterocycles. The normalized spacial score (nSPS) is 16.8. The second-order valence-electron chi connectivity index (χ2n) is 5.28. The first kappa shape index (κ1) is 13.3. The molecule has 1 heterocycles. The van der Waals surface area contributed by atoms with Crippen molar-refractivity contribution in [1.29, 1.82) is 0 Å². The Balaban J connectivity index is 1.73. The molecule has 2 N–H and O–H groups in total. The molecule has 5 heteroatoms. The fourth-order valence-corrected chi connectivity index (χ4v) is 2.25. The number of nitrogens with zero attached hydrogens (tertiary/aromatic N) is 2. The van der Waals surface area contributed by atoms with Crippen molar-refractivity contribution in [2.45, 2.75) is 52.5 Å². The Bertz CT molecular complexity index is 360. The van der Waals surface area contributed by atoms with Crippen LogP contribution in [0.3, 0.4) is 0 Å². The Morgan fingerprint density at radius 3 is 2.72 bits per heavy atom. The van der Waals surface area contributed by atoms with Crippen molar-refractivity contribution in [2.75, 3.05) is 18.4 Å². The highest BCUT2D eigenvalue weighted by atomic mass is 16.4. The van der Waals surface area contributed by atoms with E-state index in [2.05, 4.69) is 34.7 Å². The van der Waals surface area contributed by atoms with Gasteiger partial charge in [0.15, 0.2) is 0 Å². The Morgan fingerprint density at radius 2 is 2.06 bits per heavy atom. The van der Waals surface area contributed by atoms with E-state index in [0.717, 1.165) is 19.5 Å². The SMILES string of the molecule is CCCNCc1nnc(NCC2(CCC)CC2)o1. The molecule has 0 spiro atoms. The topological polar surface area (TPSA) is 63.0 Å². The van der Waals surface area contributed by atoms with E-state index in [1.165, 1.54) is 25.7 Å². The summed E-state index contributed by atoms with van der Waals surface area (Å²) < 4.78 is 5.54. The highest BCUT2D eigenvalue weighted by Crippen LogP contribution is 2.49. The molecule has 1 aromatic rings. The predicted octanol–water partition coefficient (Wildman–Crippen LogP) is 2.56. The maximum absolute atomic E-state index is 5.54. The molecule has 0 bridgehead atoms. The lowest BCUT2D eigenvalue weighted by atomic mass is 10.0. The molecule has 5 nitrogen and oxygen atoms in total. The Morgan fingerprint density at radius 1 is 1.22 bits per heavy atom. The van der Waals surface area contributed by atoms with Crippen molar-refractivity contribution >= 4 is 6.01 Å². The lowest BCUT2D eigenvalue weighted by molar-refractivity contribution is 0.454. The maximum Gasteiger partial charge on any atom is 0.315 e. The second kappa shape index (κ2) is 6.18. The summed E-state index contributed by atoms with van der Waals surface area (Å²) >= 11 is 0. The number of hydrogen-bond donors (Lipinski definition) is 2. The monoisotopic (exact) mass is 252 g/mol. The van der Waals surface area contributed by atoms with Gasteiger partial charge in [0, 0.05) is 6.54 Å². The van der Waals surface area contributed by atoms with Crippen molar-refractivity contribution in [2.24, 2.45) is 5.41 Å². The molecule has 1 aliphatic carbocycles. The van der Waals surface area contributed by atoms with Gasteiger partial charge in [0.05, 0.1) is 6.54 Å². The molecule has 102 valence electrons. The number of hydrogen-bond acceptors (Lipinski definition) is 5.